The summed E-state index contributed by atoms with van der Waals surface area (Å²) in [6, 6.07) is 0. The summed E-state index contributed by atoms with van der Waals surface area (Å²) in [4.78, 5) is 16.4. The van der Waals surface area contributed by atoms with Gasteiger partial charge in [-0.2, -0.15) is 0 Å². The number of aromatic amines is 1. The van der Waals surface area contributed by atoms with Gasteiger partial charge < -0.3 is 5.11 Å². The molecule has 0 saturated carbocycles. The van der Waals surface area contributed by atoms with Crippen LogP contribution in [0.4, 0.5) is 0 Å². The van der Waals surface area contributed by atoms with Crippen LogP contribution in [0.25, 0.3) is 5.78 Å². The first-order chi connectivity index (χ1) is 7.69. The fourth-order valence-electron chi connectivity index (χ4n) is 1.60. The molecule has 0 fully saturated rings. The maximum atomic E-state index is 12.1. The van der Waals surface area contributed by atoms with Gasteiger partial charge in [0.2, 0.25) is 5.78 Å². The van der Waals surface area contributed by atoms with E-state index in [2.05, 4.69) is 15.2 Å². The number of nitrogens with one attached hydrogen (secondary N) is 1. The van der Waals surface area contributed by atoms with E-state index in [1.54, 1.807) is 6.92 Å². The zero-order valence-corrected chi connectivity index (χ0v) is 9.84. The normalized spacial score (nSPS) is 11.2. The Morgan fingerprint density at radius 2 is 2.31 bits per heavy atom. The molecular weight excluding hydrogens is 228 g/mol. The summed E-state index contributed by atoms with van der Waals surface area (Å²) >= 11 is 1.37. The number of fused-ring (bicyclic) bond motifs is 1. The predicted octanol–water partition coefficient (Wildman–Crippen LogP) is -0.0173. The van der Waals surface area contributed by atoms with Crippen molar-refractivity contribution in [2.75, 3.05) is 12.9 Å². The number of aromatic nitrogens is 4. The number of thioether (sulfide) groups is 1. The number of aliphatic hydroxyl groups excluding tert-OH is 1. The van der Waals surface area contributed by atoms with E-state index >= 15 is 0 Å². The van der Waals surface area contributed by atoms with Crippen LogP contribution in [0.5, 0.6) is 0 Å². The molecule has 2 rings (SSSR count). The lowest BCUT2D eigenvalue weighted by molar-refractivity contribution is 0.298. The number of hydrogen-bond acceptors (Lipinski definition) is 5. The van der Waals surface area contributed by atoms with E-state index in [1.807, 2.05) is 6.26 Å². The van der Waals surface area contributed by atoms with Crippen LogP contribution in [0, 0.1) is 6.92 Å². The van der Waals surface area contributed by atoms with Crippen LogP contribution in [0.15, 0.2) is 9.95 Å². The van der Waals surface area contributed by atoms with Crippen LogP contribution in [0.1, 0.15) is 11.3 Å². The Balaban J connectivity index is 2.78. The minimum atomic E-state index is -0.158. The van der Waals surface area contributed by atoms with Crippen LogP contribution in [-0.2, 0) is 6.42 Å². The van der Waals surface area contributed by atoms with E-state index in [0.29, 0.717) is 28.6 Å². The van der Waals surface area contributed by atoms with Gasteiger partial charge in [-0.1, -0.05) is 11.8 Å². The molecule has 0 bridgehead atoms. The van der Waals surface area contributed by atoms with Gasteiger partial charge in [0.25, 0.3) is 5.56 Å². The molecule has 0 aliphatic rings. The highest BCUT2D eigenvalue weighted by molar-refractivity contribution is 7.98. The summed E-state index contributed by atoms with van der Waals surface area (Å²) in [5, 5.41) is 16.2. The average molecular weight is 240 g/mol. The van der Waals surface area contributed by atoms with E-state index in [-0.39, 0.29) is 12.2 Å². The van der Waals surface area contributed by atoms with Gasteiger partial charge in [0.15, 0.2) is 5.16 Å². The predicted molar refractivity (Wildman–Crippen MR) is 60.9 cm³/mol. The van der Waals surface area contributed by atoms with Gasteiger partial charge in [-0.15, -0.1) is 5.10 Å². The van der Waals surface area contributed by atoms with Crippen molar-refractivity contribution in [3.8, 4) is 0 Å². The largest absolute Gasteiger partial charge is 0.396 e. The van der Waals surface area contributed by atoms with Gasteiger partial charge in [-0.25, -0.2) is 14.5 Å². The highest BCUT2D eigenvalue weighted by Crippen LogP contribution is 2.11. The molecule has 0 aromatic carbocycles. The van der Waals surface area contributed by atoms with Crippen molar-refractivity contribution >= 4 is 17.5 Å². The Morgan fingerprint density at radius 3 is 2.94 bits per heavy atom. The van der Waals surface area contributed by atoms with E-state index in [0.717, 1.165) is 0 Å². The Labute approximate surface area is 95.7 Å². The van der Waals surface area contributed by atoms with Crippen molar-refractivity contribution in [1.29, 1.82) is 0 Å². The molecule has 0 amide bonds. The molecular formula is C9H12N4O2S. The molecule has 0 saturated heterocycles. The lowest BCUT2D eigenvalue weighted by atomic mass is 10.2. The molecule has 0 unspecified atom stereocenters. The van der Waals surface area contributed by atoms with Crippen molar-refractivity contribution in [3.05, 3.63) is 21.6 Å². The van der Waals surface area contributed by atoms with E-state index in [9.17, 15) is 4.79 Å². The van der Waals surface area contributed by atoms with E-state index in [1.165, 1.54) is 16.2 Å². The monoisotopic (exact) mass is 240 g/mol. The van der Waals surface area contributed by atoms with Gasteiger partial charge in [0.1, 0.15) is 0 Å². The topological polar surface area (TPSA) is 83.3 Å². The quantitative estimate of drug-likeness (QED) is 0.737. The van der Waals surface area contributed by atoms with Gasteiger partial charge in [-0.05, 0) is 13.2 Å². The minimum absolute atomic E-state index is 0.0592. The molecule has 0 spiro atoms. The Kier molecular flexibility index (Phi) is 2.97. The molecule has 6 nitrogen and oxygen atoms in total. The zero-order valence-electron chi connectivity index (χ0n) is 9.02. The maximum absolute atomic E-state index is 12.1. The second kappa shape index (κ2) is 4.26. The molecule has 2 aromatic heterocycles. The molecule has 2 heterocycles. The lowest BCUT2D eigenvalue weighted by Gasteiger charge is -2.03. The first-order valence-corrected chi connectivity index (χ1v) is 6.03. The summed E-state index contributed by atoms with van der Waals surface area (Å²) in [6.07, 6.45) is 2.16. The summed E-state index contributed by atoms with van der Waals surface area (Å²) in [5.41, 5.74) is 1.02. The van der Waals surface area contributed by atoms with Crippen molar-refractivity contribution in [2.24, 2.45) is 0 Å². The first-order valence-electron chi connectivity index (χ1n) is 4.80. The molecule has 2 N–H and O–H groups in total. The fourth-order valence-corrected chi connectivity index (χ4v) is 2.09. The standard InChI is InChI=1S/C9H12N4O2S/c1-5-6(3-4-14)7(15)13-8(10-5)11-12-9(13)16-2/h14H,3-4H2,1-2H3,(H,10,11). The molecule has 16 heavy (non-hydrogen) atoms. The third-order valence-electron chi connectivity index (χ3n) is 2.37. The van der Waals surface area contributed by atoms with E-state index in [4.69, 9.17) is 5.11 Å². The van der Waals surface area contributed by atoms with Crippen LogP contribution in [0.3, 0.4) is 0 Å². The summed E-state index contributed by atoms with van der Waals surface area (Å²) in [5.74, 6) is 0.438. The molecule has 2 aromatic rings. The number of nitrogens with zero attached hydrogens (tertiary/aromatic N) is 3. The molecule has 0 aliphatic carbocycles. The van der Waals surface area contributed by atoms with Crippen LogP contribution in [-0.4, -0.2) is 37.6 Å². The number of H-pyrrole nitrogens is 1. The third kappa shape index (κ3) is 1.61. The minimum Gasteiger partial charge on any atom is -0.396 e. The van der Waals surface area contributed by atoms with Gasteiger partial charge >= 0.3 is 0 Å². The molecule has 0 atom stereocenters. The van der Waals surface area contributed by atoms with Gasteiger partial charge in [-0.3, -0.25) is 4.79 Å². The SMILES string of the molecule is CSc1n[nH]c2nc(C)c(CCO)c(=O)n12. The van der Waals surface area contributed by atoms with Gasteiger partial charge in [0.05, 0.1) is 5.69 Å². The fraction of sp³-hybridized carbons (Fsp3) is 0.444. The number of hydrogen-bond donors (Lipinski definition) is 2. The molecule has 0 radical (unpaired) electrons. The van der Waals surface area contributed by atoms with Crippen molar-refractivity contribution in [3.63, 3.8) is 0 Å². The number of rotatable bonds is 3. The number of aliphatic hydroxyl groups is 1. The zero-order chi connectivity index (χ0) is 11.7. The van der Waals surface area contributed by atoms with Crippen LogP contribution >= 0.6 is 11.8 Å². The third-order valence-corrected chi connectivity index (χ3v) is 3.01. The van der Waals surface area contributed by atoms with Crippen LogP contribution in [0.2, 0.25) is 0 Å². The van der Waals surface area contributed by atoms with Crippen LogP contribution < -0.4 is 5.56 Å². The Hall–Kier alpha value is -1.34. The highest BCUT2D eigenvalue weighted by Gasteiger charge is 2.13. The van der Waals surface area contributed by atoms with Crippen molar-refractivity contribution in [2.45, 2.75) is 18.5 Å². The molecule has 86 valence electrons. The lowest BCUT2D eigenvalue weighted by Crippen LogP contribution is -2.22. The van der Waals surface area contributed by atoms with E-state index < -0.39 is 0 Å². The van der Waals surface area contributed by atoms with Crippen molar-refractivity contribution < 1.29 is 5.11 Å². The smallest absolute Gasteiger partial charge is 0.264 e. The second-order valence-corrected chi connectivity index (χ2v) is 4.10. The van der Waals surface area contributed by atoms with Crippen molar-refractivity contribution in [1.82, 2.24) is 19.6 Å². The highest BCUT2D eigenvalue weighted by atomic mass is 32.2. The Bertz CT molecular complexity index is 575. The molecule has 7 heteroatoms. The summed E-state index contributed by atoms with van der Waals surface area (Å²) in [7, 11) is 0. The Morgan fingerprint density at radius 1 is 1.56 bits per heavy atom. The molecule has 0 aliphatic heterocycles. The number of aryl methyl sites for hydroxylation is 1. The first kappa shape index (κ1) is 11.2. The average Bonchev–Trinajstić information content (AvgIpc) is 2.67. The summed E-state index contributed by atoms with van der Waals surface area (Å²) in [6.45, 7) is 1.70. The maximum Gasteiger partial charge on any atom is 0.264 e. The second-order valence-electron chi connectivity index (χ2n) is 3.32. The summed E-state index contributed by atoms with van der Waals surface area (Å²) < 4.78 is 1.43. The van der Waals surface area contributed by atoms with Gasteiger partial charge in [0, 0.05) is 18.6 Å².